The molecule has 0 bridgehead atoms. The molecular formula is C36H29NO7. The second-order valence-electron chi connectivity index (χ2n) is 10.2. The van der Waals surface area contributed by atoms with Crippen LogP contribution in [0.2, 0.25) is 0 Å². The van der Waals surface area contributed by atoms with Crippen LogP contribution in [0.25, 0.3) is 21.7 Å². The van der Waals surface area contributed by atoms with E-state index in [0.717, 1.165) is 22.0 Å². The van der Waals surface area contributed by atoms with Crippen molar-refractivity contribution in [3.05, 3.63) is 149 Å². The summed E-state index contributed by atoms with van der Waals surface area (Å²) in [7, 11) is 0. The largest absolute Gasteiger partial charge is 0.489 e. The van der Waals surface area contributed by atoms with E-state index in [1.807, 2.05) is 71.3 Å². The molecular weight excluding hydrogens is 558 g/mol. The highest BCUT2D eigenvalue weighted by Crippen LogP contribution is 2.25. The number of hydrogen-bond donors (Lipinski definition) is 3. The average Bonchev–Trinajstić information content (AvgIpc) is 3.39. The molecule has 0 spiro atoms. The van der Waals surface area contributed by atoms with Crippen molar-refractivity contribution in [1.29, 1.82) is 0 Å². The minimum Gasteiger partial charge on any atom is -0.489 e. The Balaban J connectivity index is 0.000000176. The molecule has 0 aliphatic carbocycles. The van der Waals surface area contributed by atoms with Gasteiger partial charge in [-0.05, 0) is 58.7 Å². The van der Waals surface area contributed by atoms with Gasteiger partial charge < -0.3 is 24.6 Å². The highest BCUT2D eigenvalue weighted by molar-refractivity contribution is 6.03. The first-order valence-corrected chi connectivity index (χ1v) is 13.8. The molecule has 8 nitrogen and oxygen atoms in total. The lowest BCUT2D eigenvalue weighted by Crippen LogP contribution is -2.08. The van der Waals surface area contributed by atoms with E-state index < -0.39 is 17.9 Å². The number of ether oxygens (including phenoxy) is 1. The number of rotatable bonds is 8. The Bertz CT molecular complexity index is 1960. The van der Waals surface area contributed by atoms with E-state index in [-0.39, 0.29) is 29.0 Å². The molecule has 0 saturated carbocycles. The van der Waals surface area contributed by atoms with Crippen molar-refractivity contribution in [2.45, 2.75) is 20.1 Å². The molecule has 5 aromatic carbocycles. The van der Waals surface area contributed by atoms with Crippen LogP contribution in [0.1, 0.15) is 47.8 Å². The van der Waals surface area contributed by atoms with Gasteiger partial charge in [0.15, 0.2) is 0 Å². The minimum absolute atomic E-state index is 0.0713. The number of carboxylic acid groups (broad SMARTS) is 3. The van der Waals surface area contributed by atoms with Gasteiger partial charge in [-0.2, -0.15) is 0 Å². The molecule has 0 unspecified atom stereocenters. The van der Waals surface area contributed by atoms with Gasteiger partial charge in [0.2, 0.25) is 0 Å². The maximum atomic E-state index is 11.4. The number of benzene rings is 5. The standard InChI is InChI=1S/C20H15NO2.C16H14O5/c22-20(23)18-13-21(19-8-4-3-7-17(18)19)12-14-9-10-15-5-1-2-6-16(15)11-14;1-10-13(15(17)18)7-12(8-14(10)16(19)20)21-9-11-5-3-2-4-6-11/h1-11,13H,12H2,(H,22,23);2-8H,9H2,1H3,(H,17,18)(H,19,20). The number of carboxylic acids is 3. The van der Waals surface area contributed by atoms with Crippen molar-refractivity contribution in [3.8, 4) is 5.75 Å². The molecule has 1 heterocycles. The van der Waals surface area contributed by atoms with Crippen LogP contribution < -0.4 is 4.74 Å². The molecule has 6 rings (SSSR count). The second kappa shape index (κ2) is 13.0. The zero-order chi connectivity index (χ0) is 31.2. The number of aromatic carboxylic acids is 3. The van der Waals surface area contributed by atoms with E-state index in [2.05, 4.69) is 30.3 Å². The fraction of sp³-hybridized carbons (Fsp3) is 0.0833. The second-order valence-corrected chi connectivity index (χ2v) is 10.2. The Labute approximate surface area is 253 Å². The molecule has 1 aromatic heterocycles. The van der Waals surface area contributed by atoms with E-state index in [1.165, 1.54) is 29.8 Å². The lowest BCUT2D eigenvalue weighted by molar-refractivity contribution is 0.0681. The van der Waals surface area contributed by atoms with Gasteiger partial charge in [-0.15, -0.1) is 0 Å². The number of aromatic nitrogens is 1. The van der Waals surface area contributed by atoms with Crippen LogP contribution in [0.3, 0.4) is 0 Å². The van der Waals surface area contributed by atoms with Crippen LogP contribution in [-0.4, -0.2) is 37.8 Å². The maximum Gasteiger partial charge on any atom is 0.337 e. The molecule has 0 atom stereocenters. The maximum absolute atomic E-state index is 11.4. The number of fused-ring (bicyclic) bond motifs is 2. The summed E-state index contributed by atoms with van der Waals surface area (Å²) in [4.78, 5) is 33.8. The summed E-state index contributed by atoms with van der Waals surface area (Å²) in [6.07, 6.45) is 1.72. The lowest BCUT2D eigenvalue weighted by Gasteiger charge is -2.11. The van der Waals surface area contributed by atoms with Gasteiger partial charge in [-0.1, -0.05) is 84.9 Å². The predicted molar refractivity (Wildman–Crippen MR) is 168 cm³/mol. The molecule has 0 amide bonds. The van der Waals surface area contributed by atoms with Gasteiger partial charge >= 0.3 is 17.9 Å². The fourth-order valence-corrected chi connectivity index (χ4v) is 5.04. The van der Waals surface area contributed by atoms with E-state index in [1.54, 1.807) is 6.20 Å². The highest BCUT2D eigenvalue weighted by atomic mass is 16.5. The van der Waals surface area contributed by atoms with Crippen LogP contribution in [0.5, 0.6) is 5.75 Å². The predicted octanol–water partition coefficient (Wildman–Crippen LogP) is 7.51. The summed E-state index contributed by atoms with van der Waals surface area (Å²) in [5, 5.41) is 30.8. The van der Waals surface area contributed by atoms with Crippen LogP contribution in [0.4, 0.5) is 0 Å². The summed E-state index contributed by atoms with van der Waals surface area (Å²) in [5.41, 5.74) is 3.42. The first-order chi connectivity index (χ1) is 21.2. The zero-order valence-corrected chi connectivity index (χ0v) is 23.8. The average molecular weight is 588 g/mol. The van der Waals surface area contributed by atoms with Crippen LogP contribution in [-0.2, 0) is 13.2 Å². The van der Waals surface area contributed by atoms with Gasteiger partial charge in [0.1, 0.15) is 12.4 Å². The molecule has 8 heteroatoms. The first kappa shape index (κ1) is 29.6. The summed E-state index contributed by atoms with van der Waals surface area (Å²) >= 11 is 0. The Kier molecular flexibility index (Phi) is 8.72. The first-order valence-electron chi connectivity index (χ1n) is 13.8. The van der Waals surface area contributed by atoms with Gasteiger partial charge in [0.05, 0.1) is 16.7 Å². The quantitative estimate of drug-likeness (QED) is 0.168. The monoisotopic (exact) mass is 587 g/mol. The molecule has 0 saturated heterocycles. The van der Waals surface area contributed by atoms with Crippen molar-refractivity contribution in [1.82, 2.24) is 4.57 Å². The highest BCUT2D eigenvalue weighted by Gasteiger charge is 2.18. The lowest BCUT2D eigenvalue weighted by atomic mass is 10.0. The van der Waals surface area contributed by atoms with Crippen LogP contribution in [0, 0.1) is 6.92 Å². The van der Waals surface area contributed by atoms with E-state index in [0.29, 0.717) is 12.1 Å². The Morgan fingerprint density at radius 2 is 1.23 bits per heavy atom. The third-order valence-corrected chi connectivity index (χ3v) is 7.28. The summed E-state index contributed by atoms with van der Waals surface area (Å²) in [6, 6.07) is 34.2. The van der Waals surface area contributed by atoms with E-state index >= 15 is 0 Å². The van der Waals surface area contributed by atoms with E-state index in [4.69, 9.17) is 14.9 Å². The van der Waals surface area contributed by atoms with Crippen LogP contribution >= 0.6 is 0 Å². The van der Waals surface area contributed by atoms with Gasteiger partial charge in [0.25, 0.3) is 0 Å². The van der Waals surface area contributed by atoms with Crippen molar-refractivity contribution in [2.75, 3.05) is 0 Å². The minimum atomic E-state index is -1.18. The summed E-state index contributed by atoms with van der Waals surface area (Å²) < 4.78 is 7.50. The molecule has 3 N–H and O–H groups in total. The van der Waals surface area contributed by atoms with Crippen LogP contribution in [0.15, 0.2) is 115 Å². The molecule has 0 fully saturated rings. The van der Waals surface area contributed by atoms with E-state index in [9.17, 15) is 19.5 Å². The molecule has 220 valence electrons. The van der Waals surface area contributed by atoms with Gasteiger partial charge in [-0.25, -0.2) is 14.4 Å². The SMILES string of the molecule is Cc1c(C(=O)O)cc(OCc2ccccc2)cc1C(=O)O.O=C(O)c1cn(Cc2ccc3ccccc3c2)c2ccccc12. The molecule has 44 heavy (non-hydrogen) atoms. The molecule has 0 aliphatic rings. The van der Waals surface area contributed by atoms with Crippen molar-refractivity contribution < 1.29 is 34.4 Å². The fourth-order valence-electron chi connectivity index (χ4n) is 5.04. The normalized spacial score (nSPS) is 10.7. The van der Waals surface area contributed by atoms with Gasteiger partial charge in [0, 0.05) is 23.6 Å². The Morgan fingerprint density at radius 1 is 0.636 bits per heavy atom. The molecule has 0 radical (unpaired) electrons. The third kappa shape index (κ3) is 6.60. The molecule has 0 aliphatic heterocycles. The number of hydrogen-bond acceptors (Lipinski definition) is 4. The number of carbonyl (C=O) groups is 3. The van der Waals surface area contributed by atoms with Crippen molar-refractivity contribution >= 4 is 39.6 Å². The summed E-state index contributed by atoms with van der Waals surface area (Å²) in [5.74, 6) is -3.03. The number of para-hydroxylation sites is 1. The Morgan fingerprint density at radius 3 is 1.89 bits per heavy atom. The van der Waals surface area contributed by atoms with Crippen molar-refractivity contribution in [2.24, 2.45) is 0 Å². The van der Waals surface area contributed by atoms with Crippen molar-refractivity contribution in [3.63, 3.8) is 0 Å². The zero-order valence-electron chi connectivity index (χ0n) is 23.8. The van der Waals surface area contributed by atoms with Gasteiger partial charge in [-0.3, -0.25) is 0 Å². The smallest absolute Gasteiger partial charge is 0.337 e. The Hall–Kier alpha value is -5.89. The number of nitrogens with zero attached hydrogens (tertiary/aromatic N) is 1. The molecule has 6 aromatic rings. The third-order valence-electron chi connectivity index (χ3n) is 7.28. The summed E-state index contributed by atoms with van der Waals surface area (Å²) in [6.45, 7) is 2.36. The topological polar surface area (TPSA) is 126 Å².